The lowest BCUT2D eigenvalue weighted by atomic mass is 9.80. The van der Waals surface area contributed by atoms with Crippen molar-refractivity contribution in [2.75, 3.05) is 20.2 Å². The van der Waals surface area contributed by atoms with Crippen LogP contribution in [0.15, 0.2) is 17.2 Å². The Bertz CT molecular complexity index is 529. The molecule has 1 saturated carbocycles. The van der Waals surface area contributed by atoms with Crippen molar-refractivity contribution in [3.8, 4) is 0 Å². The van der Waals surface area contributed by atoms with Crippen LogP contribution >= 0.6 is 0 Å². The van der Waals surface area contributed by atoms with Crippen molar-refractivity contribution in [2.24, 2.45) is 0 Å². The third kappa shape index (κ3) is 3.41. The predicted octanol–water partition coefficient (Wildman–Crippen LogP) is 0.972. The number of ether oxygens (including phenoxy) is 1. The number of H-pyrrole nitrogens is 1. The summed E-state index contributed by atoms with van der Waals surface area (Å²) in [6.45, 7) is 3.81. The first kappa shape index (κ1) is 15.5. The van der Waals surface area contributed by atoms with Gasteiger partial charge < -0.3 is 15.0 Å². The summed E-state index contributed by atoms with van der Waals surface area (Å²) in [6, 6.07) is 1.66. The maximum atomic E-state index is 12.2. The zero-order valence-corrected chi connectivity index (χ0v) is 12.8. The van der Waals surface area contributed by atoms with E-state index in [2.05, 4.69) is 15.0 Å². The summed E-state index contributed by atoms with van der Waals surface area (Å²) in [5.74, 6) is 0. The smallest absolute Gasteiger partial charge is 0.242 e. The van der Waals surface area contributed by atoms with Crippen molar-refractivity contribution in [3.63, 3.8) is 0 Å². The molecule has 0 aliphatic heterocycles. The normalized spacial score (nSPS) is 17.9. The molecule has 0 bridgehead atoms. The Morgan fingerprint density at radius 1 is 1.45 bits per heavy atom. The lowest BCUT2D eigenvalue weighted by molar-refractivity contribution is -0.0659. The second kappa shape index (κ2) is 6.26. The van der Waals surface area contributed by atoms with E-state index in [0.717, 1.165) is 31.5 Å². The number of rotatable bonds is 8. The Hall–Kier alpha value is -0.890. The summed E-state index contributed by atoms with van der Waals surface area (Å²) in [5.41, 5.74) is 0.549. The molecule has 0 unspecified atom stereocenters. The van der Waals surface area contributed by atoms with Crippen LogP contribution in [0.4, 0.5) is 0 Å². The van der Waals surface area contributed by atoms with Crippen LogP contribution in [-0.4, -0.2) is 39.2 Å². The second-order valence-electron chi connectivity index (χ2n) is 5.21. The zero-order valence-electron chi connectivity index (χ0n) is 12.0. The first-order valence-electron chi connectivity index (χ1n) is 6.94. The van der Waals surface area contributed by atoms with Crippen LogP contribution in [0.2, 0.25) is 0 Å². The fourth-order valence-electron chi connectivity index (χ4n) is 2.27. The molecule has 3 N–H and O–H groups in total. The second-order valence-corrected chi connectivity index (χ2v) is 6.97. The average Bonchev–Trinajstić information content (AvgIpc) is 2.85. The minimum atomic E-state index is -3.47. The SMILES string of the molecule is CCNCc1cc(S(=O)(=O)NCC2(OC)CCC2)c[nH]1. The minimum absolute atomic E-state index is 0.274. The summed E-state index contributed by atoms with van der Waals surface area (Å²) in [6.07, 6.45) is 4.43. The molecule has 0 aromatic carbocycles. The van der Waals surface area contributed by atoms with Crippen LogP contribution in [0.25, 0.3) is 0 Å². The highest BCUT2D eigenvalue weighted by atomic mass is 32.2. The molecule has 114 valence electrons. The molecule has 6 nitrogen and oxygen atoms in total. The van der Waals surface area contributed by atoms with E-state index in [1.807, 2.05) is 6.92 Å². The van der Waals surface area contributed by atoms with Crippen molar-refractivity contribution < 1.29 is 13.2 Å². The molecule has 1 aliphatic carbocycles. The topological polar surface area (TPSA) is 83.2 Å². The number of nitrogens with one attached hydrogen (secondary N) is 3. The summed E-state index contributed by atoms with van der Waals surface area (Å²) in [5, 5.41) is 3.15. The molecule has 0 amide bonds. The van der Waals surface area contributed by atoms with Crippen LogP contribution in [-0.2, 0) is 21.3 Å². The Labute approximate surface area is 120 Å². The highest BCUT2D eigenvalue weighted by Gasteiger charge is 2.38. The van der Waals surface area contributed by atoms with Crippen LogP contribution in [0.3, 0.4) is 0 Å². The fourth-order valence-corrected chi connectivity index (χ4v) is 3.40. The third-order valence-corrected chi connectivity index (χ3v) is 5.25. The average molecular weight is 301 g/mol. The van der Waals surface area contributed by atoms with Gasteiger partial charge in [-0.1, -0.05) is 6.92 Å². The molecule has 7 heteroatoms. The lowest BCUT2D eigenvalue weighted by Crippen LogP contribution is -2.49. The molecule has 20 heavy (non-hydrogen) atoms. The Kier molecular flexibility index (Phi) is 4.85. The molecular weight excluding hydrogens is 278 g/mol. The van der Waals surface area contributed by atoms with E-state index in [1.54, 1.807) is 13.2 Å². The van der Waals surface area contributed by atoms with E-state index in [4.69, 9.17) is 4.74 Å². The molecule has 1 aromatic heterocycles. The van der Waals surface area contributed by atoms with E-state index in [9.17, 15) is 8.42 Å². The molecule has 0 radical (unpaired) electrons. The highest BCUT2D eigenvalue weighted by Crippen LogP contribution is 2.34. The zero-order chi connectivity index (χ0) is 14.6. The summed E-state index contributed by atoms with van der Waals surface area (Å²) < 4.78 is 32.5. The van der Waals surface area contributed by atoms with Gasteiger partial charge in [-0.3, -0.25) is 0 Å². The largest absolute Gasteiger partial charge is 0.377 e. The first-order valence-corrected chi connectivity index (χ1v) is 8.42. The number of sulfonamides is 1. The molecule has 1 fully saturated rings. The first-order chi connectivity index (χ1) is 9.51. The van der Waals surface area contributed by atoms with Gasteiger partial charge in [0, 0.05) is 32.1 Å². The summed E-state index contributed by atoms with van der Waals surface area (Å²) in [7, 11) is -1.84. The van der Waals surface area contributed by atoms with E-state index in [-0.39, 0.29) is 10.5 Å². The highest BCUT2D eigenvalue weighted by molar-refractivity contribution is 7.89. The number of methoxy groups -OCH3 is 1. The number of aromatic amines is 1. The molecule has 0 saturated heterocycles. The maximum Gasteiger partial charge on any atom is 0.242 e. The van der Waals surface area contributed by atoms with Crippen molar-refractivity contribution in [2.45, 2.75) is 43.2 Å². The number of hydrogen-bond acceptors (Lipinski definition) is 4. The van der Waals surface area contributed by atoms with Crippen molar-refractivity contribution in [1.29, 1.82) is 0 Å². The van der Waals surface area contributed by atoms with Crippen LogP contribution in [0, 0.1) is 0 Å². The predicted molar refractivity (Wildman–Crippen MR) is 77.0 cm³/mol. The summed E-state index contributed by atoms with van der Waals surface area (Å²) >= 11 is 0. The van der Waals surface area contributed by atoms with Gasteiger partial charge in [-0.15, -0.1) is 0 Å². The van der Waals surface area contributed by atoms with E-state index in [1.165, 1.54) is 6.20 Å². The molecule has 0 atom stereocenters. The van der Waals surface area contributed by atoms with Crippen molar-refractivity contribution in [3.05, 3.63) is 18.0 Å². The van der Waals surface area contributed by atoms with Crippen LogP contribution < -0.4 is 10.0 Å². The fraction of sp³-hybridized carbons (Fsp3) is 0.692. The van der Waals surface area contributed by atoms with E-state index >= 15 is 0 Å². The van der Waals surface area contributed by atoms with Gasteiger partial charge in [-0.25, -0.2) is 13.1 Å². The van der Waals surface area contributed by atoms with Gasteiger partial charge in [0.1, 0.15) is 0 Å². The standard InChI is InChI=1S/C13H23N3O3S/c1-3-14-8-11-7-12(9-15-11)20(17,18)16-10-13(19-2)5-4-6-13/h7,9,14-16H,3-6,8,10H2,1-2H3. The third-order valence-electron chi connectivity index (χ3n) is 3.87. The Morgan fingerprint density at radius 2 is 2.20 bits per heavy atom. The summed E-state index contributed by atoms with van der Waals surface area (Å²) in [4.78, 5) is 3.25. The Morgan fingerprint density at radius 3 is 2.75 bits per heavy atom. The van der Waals surface area contributed by atoms with Crippen molar-refractivity contribution in [1.82, 2.24) is 15.0 Å². The Balaban J connectivity index is 1.97. The molecule has 0 spiro atoms. The quantitative estimate of drug-likeness (QED) is 0.668. The number of hydrogen-bond donors (Lipinski definition) is 3. The molecule has 2 rings (SSSR count). The van der Waals surface area contributed by atoms with Gasteiger partial charge in [0.25, 0.3) is 0 Å². The van der Waals surface area contributed by atoms with Crippen molar-refractivity contribution >= 4 is 10.0 Å². The maximum absolute atomic E-state index is 12.2. The van der Waals surface area contributed by atoms with E-state index in [0.29, 0.717) is 13.1 Å². The van der Waals surface area contributed by atoms with Gasteiger partial charge in [0.05, 0.1) is 10.5 Å². The van der Waals surface area contributed by atoms with Gasteiger partial charge >= 0.3 is 0 Å². The van der Waals surface area contributed by atoms with Gasteiger partial charge in [-0.2, -0.15) is 0 Å². The van der Waals surface area contributed by atoms with E-state index < -0.39 is 10.0 Å². The van der Waals surface area contributed by atoms with Crippen LogP contribution in [0.1, 0.15) is 31.9 Å². The lowest BCUT2D eigenvalue weighted by Gasteiger charge is -2.40. The monoisotopic (exact) mass is 301 g/mol. The minimum Gasteiger partial charge on any atom is -0.377 e. The number of aromatic nitrogens is 1. The molecule has 1 aromatic rings. The van der Waals surface area contributed by atoms with Gasteiger partial charge in [0.2, 0.25) is 10.0 Å². The molecule has 1 heterocycles. The van der Waals surface area contributed by atoms with Crippen LogP contribution in [0.5, 0.6) is 0 Å². The molecular formula is C13H23N3O3S. The van der Waals surface area contributed by atoms with Gasteiger partial charge in [0.15, 0.2) is 0 Å². The van der Waals surface area contributed by atoms with Gasteiger partial charge in [-0.05, 0) is 31.9 Å². The molecule has 1 aliphatic rings.